The molecule has 1 aromatic rings. The molecule has 0 saturated heterocycles. The van der Waals surface area contributed by atoms with E-state index in [0.29, 0.717) is 16.5 Å². The number of hydrogen-bond donors (Lipinski definition) is 1. The molecule has 2 nitrogen and oxygen atoms in total. The summed E-state index contributed by atoms with van der Waals surface area (Å²) >= 11 is 11.7. The Morgan fingerprint density at radius 1 is 1.44 bits per heavy atom. The van der Waals surface area contributed by atoms with Gasteiger partial charge in [-0.1, -0.05) is 41.4 Å². The number of nitrogens with two attached hydrogens (primary N) is 1. The molecule has 4 heteroatoms. The van der Waals surface area contributed by atoms with Gasteiger partial charge >= 0.3 is 0 Å². The second-order valence-corrected chi connectivity index (χ2v) is 4.25. The zero-order chi connectivity index (χ0) is 12.1. The monoisotopic (exact) mass is 257 g/mol. The SMILES string of the molecule is CC=CCC(C(N)=O)c1ccc(Cl)c(Cl)c1. The van der Waals surface area contributed by atoms with Crippen LogP contribution in [0.5, 0.6) is 0 Å². The number of halogens is 2. The van der Waals surface area contributed by atoms with Crippen molar-refractivity contribution in [3.63, 3.8) is 0 Å². The molecule has 0 aliphatic rings. The maximum Gasteiger partial charge on any atom is 0.225 e. The fraction of sp³-hybridized carbons (Fsp3) is 0.250. The number of allylic oxidation sites excluding steroid dienone is 2. The predicted octanol–water partition coefficient (Wildman–Crippen LogP) is 3.53. The van der Waals surface area contributed by atoms with Gasteiger partial charge in [-0.05, 0) is 31.0 Å². The summed E-state index contributed by atoms with van der Waals surface area (Å²) in [5.74, 6) is -0.720. The normalized spacial score (nSPS) is 12.9. The standard InChI is InChI=1S/C12H13Cl2NO/c1-2-3-4-9(12(15)16)8-5-6-10(13)11(14)7-8/h2-3,5-7,9H,4H2,1H3,(H2,15,16). The van der Waals surface area contributed by atoms with Crippen LogP contribution >= 0.6 is 23.2 Å². The van der Waals surface area contributed by atoms with Gasteiger partial charge in [-0.25, -0.2) is 0 Å². The van der Waals surface area contributed by atoms with Gasteiger partial charge in [0.1, 0.15) is 0 Å². The number of primary amides is 1. The molecule has 0 bridgehead atoms. The molecule has 86 valence electrons. The van der Waals surface area contributed by atoms with Gasteiger partial charge < -0.3 is 5.73 Å². The Kier molecular flexibility index (Phi) is 4.84. The maximum atomic E-state index is 11.3. The first kappa shape index (κ1) is 13.1. The van der Waals surface area contributed by atoms with Gasteiger partial charge in [0.25, 0.3) is 0 Å². The lowest BCUT2D eigenvalue weighted by molar-refractivity contribution is -0.119. The van der Waals surface area contributed by atoms with E-state index in [9.17, 15) is 4.79 Å². The van der Waals surface area contributed by atoms with Gasteiger partial charge in [0, 0.05) is 0 Å². The van der Waals surface area contributed by atoms with Crippen molar-refractivity contribution in [3.8, 4) is 0 Å². The Morgan fingerprint density at radius 3 is 2.62 bits per heavy atom. The summed E-state index contributed by atoms with van der Waals surface area (Å²) in [4.78, 5) is 11.3. The second-order valence-electron chi connectivity index (χ2n) is 3.43. The minimum absolute atomic E-state index is 0.356. The minimum Gasteiger partial charge on any atom is -0.369 e. The van der Waals surface area contributed by atoms with Crippen LogP contribution in [0.25, 0.3) is 0 Å². The van der Waals surface area contributed by atoms with E-state index >= 15 is 0 Å². The lowest BCUT2D eigenvalue weighted by atomic mass is 9.95. The Labute approximate surface area is 105 Å². The van der Waals surface area contributed by atoms with Gasteiger partial charge in [0.15, 0.2) is 0 Å². The Morgan fingerprint density at radius 2 is 2.12 bits per heavy atom. The molecule has 1 rings (SSSR count). The summed E-state index contributed by atoms with van der Waals surface area (Å²) in [5, 5.41) is 0.908. The highest BCUT2D eigenvalue weighted by Crippen LogP contribution is 2.28. The highest BCUT2D eigenvalue weighted by atomic mass is 35.5. The van der Waals surface area contributed by atoms with Crippen LogP contribution in [-0.2, 0) is 4.79 Å². The first-order valence-corrected chi connectivity index (χ1v) is 5.67. The highest BCUT2D eigenvalue weighted by Gasteiger charge is 2.17. The molecule has 1 atom stereocenters. The van der Waals surface area contributed by atoms with Crippen LogP contribution in [0.4, 0.5) is 0 Å². The van der Waals surface area contributed by atoms with Crippen molar-refractivity contribution in [2.24, 2.45) is 5.73 Å². The van der Waals surface area contributed by atoms with Crippen LogP contribution < -0.4 is 5.73 Å². The van der Waals surface area contributed by atoms with Crippen LogP contribution in [0.1, 0.15) is 24.8 Å². The van der Waals surface area contributed by atoms with Crippen LogP contribution in [0, 0.1) is 0 Å². The van der Waals surface area contributed by atoms with Crippen molar-refractivity contribution in [1.29, 1.82) is 0 Å². The number of rotatable bonds is 4. The Balaban J connectivity index is 3.01. The van der Waals surface area contributed by atoms with E-state index in [2.05, 4.69) is 0 Å². The lowest BCUT2D eigenvalue weighted by Crippen LogP contribution is -2.20. The lowest BCUT2D eigenvalue weighted by Gasteiger charge is -2.12. The summed E-state index contributed by atoms with van der Waals surface area (Å²) < 4.78 is 0. The summed E-state index contributed by atoms with van der Waals surface area (Å²) in [6.07, 6.45) is 4.36. The van der Waals surface area contributed by atoms with Crippen molar-refractivity contribution in [2.75, 3.05) is 0 Å². The van der Waals surface area contributed by atoms with Gasteiger partial charge in [-0.3, -0.25) is 4.79 Å². The largest absolute Gasteiger partial charge is 0.369 e. The van der Waals surface area contributed by atoms with E-state index in [1.54, 1.807) is 18.2 Å². The molecule has 0 aliphatic carbocycles. The van der Waals surface area contributed by atoms with Gasteiger partial charge in [-0.15, -0.1) is 0 Å². The molecular formula is C12H13Cl2NO. The average molecular weight is 258 g/mol. The average Bonchev–Trinajstić information content (AvgIpc) is 2.23. The number of benzene rings is 1. The fourth-order valence-corrected chi connectivity index (χ4v) is 1.72. The highest BCUT2D eigenvalue weighted by molar-refractivity contribution is 6.42. The smallest absolute Gasteiger partial charge is 0.225 e. The quantitative estimate of drug-likeness (QED) is 0.825. The van der Waals surface area contributed by atoms with E-state index in [1.807, 2.05) is 19.1 Å². The van der Waals surface area contributed by atoms with Crippen molar-refractivity contribution in [2.45, 2.75) is 19.3 Å². The van der Waals surface area contributed by atoms with Gasteiger partial charge in [-0.2, -0.15) is 0 Å². The molecular weight excluding hydrogens is 245 g/mol. The third-order valence-corrected chi connectivity index (χ3v) is 3.04. The Hall–Kier alpha value is -0.990. The molecule has 0 radical (unpaired) electrons. The third-order valence-electron chi connectivity index (χ3n) is 2.30. The maximum absolute atomic E-state index is 11.3. The number of carbonyl (C=O) groups is 1. The number of amides is 1. The zero-order valence-electron chi connectivity index (χ0n) is 8.91. The molecule has 0 aliphatic heterocycles. The zero-order valence-corrected chi connectivity index (χ0v) is 10.4. The van der Waals surface area contributed by atoms with Crippen molar-refractivity contribution < 1.29 is 4.79 Å². The van der Waals surface area contributed by atoms with Crippen LogP contribution in [0.3, 0.4) is 0 Å². The molecule has 0 fully saturated rings. The van der Waals surface area contributed by atoms with Crippen molar-refractivity contribution in [1.82, 2.24) is 0 Å². The molecule has 16 heavy (non-hydrogen) atoms. The molecule has 0 heterocycles. The van der Waals surface area contributed by atoms with E-state index in [0.717, 1.165) is 5.56 Å². The van der Waals surface area contributed by atoms with Gasteiger partial charge in [0.05, 0.1) is 16.0 Å². The van der Waals surface area contributed by atoms with Crippen molar-refractivity contribution >= 4 is 29.1 Å². The molecule has 2 N–H and O–H groups in total. The second kappa shape index (κ2) is 5.92. The summed E-state index contributed by atoms with van der Waals surface area (Å²) in [5.41, 5.74) is 6.14. The summed E-state index contributed by atoms with van der Waals surface area (Å²) in [6.45, 7) is 1.90. The van der Waals surface area contributed by atoms with Crippen LogP contribution in [-0.4, -0.2) is 5.91 Å². The molecule has 1 unspecified atom stereocenters. The number of hydrogen-bond acceptors (Lipinski definition) is 1. The molecule has 0 saturated carbocycles. The first-order chi connectivity index (χ1) is 7.56. The van der Waals surface area contributed by atoms with E-state index in [4.69, 9.17) is 28.9 Å². The van der Waals surface area contributed by atoms with E-state index in [-0.39, 0.29) is 11.8 Å². The van der Waals surface area contributed by atoms with E-state index < -0.39 is 0 Å². The summed E-state index contributed by atoms with van der Waals surface area (Å²) in [7, 11) is 0. The fourth-order valence-electron chi connectivity index (χ4n) is 1.42. The van der Waals surface area contributed by atoms with Gasteiger partial charge in [0.2, 0.25) is 5.91 Å². The molecule has 0 spiro atoms. The van der Waals surface area contributed by atoms with Crippen LogP contribution in [0.15, 0.2) is 30.4 Å². The summed E-state index contributed by atoms with van der Waals surface area (Å²) in [6, 6.07) is 5.13. The van der Waals surface area contributed by atoms with Crippen molar-refractivity contribution in [3.05, 3.63) is 46.0 Å². The predicted molar refractivity (Wildman–Crippen MR) is 67.8 cm³/mol. The molecule has 0 aromatic heterocycles. The van der Waals surface area contributed by atoms with Crippen LogP contribution in [0.2, 0.25) is 10.0 Å². The van der Waals surface area contributed by atoms with E-state index in [1.165, 1.54) is 0 Å². The first-order valence-electron chi connectivity index (χ1n) is 4.91. The number of carbonyl (C=O) groups excluding carboxylic acids is 1. The third kappa shape index (κ3) is 3.26. The Bertz CT molecular complexity index is 415. The minimum atomic E-state index is -0.364. The molecule has 1 amide bonds. The topological polar surface area (TPSA) is 43.1 Å². The molecule has 1 aromatic carbocycles.